The van der Waals surface area contributed by atoms with Gasteiger partial charge in [0.1, 0.15) is 0 Å². The van der Waals surface area contributed by atoms with Crippen LogP contribution < -0.4 is 10.9 Å². The molecule has 0 saturated heterocycles. The van der Waals surface area contributed by atoms with Gasteiger partial charge in [0.2, 0.25) is 5.88 Å². The van der Waals surface area contributed by atoms with Crippen LogP contribution in [0.4, 0.5) is 5.88 Å². The van der Waals surface area contributed by atoms with Crippen LogP contribution in [0, 0.1) is 0 Å². The maximum Gasteiger partial charge on any atom is 0.262 e. The predicted molar refractivity (Wildman–Crippen MR) is 142 cm³/mol. The molecule has 0 fully saturated rings. The molecule has 4 nitrogen and oxygen atoms in total. The third-order valence-electron chi connectivity index (χ3n) is 6.46. The van der Waals surface area contributed by atoms with E-state index in [0.29, 0.717) is 29.9 Å². The highest BCUT2D eigenvalue weighted by atomic mass is 16.4. The van der Waals surface area contributed by atoms with Crippen molar-refractivity contribution in [3.8, 4) is 11.1 Å². The van der Waals surface area contributed by atoms with Gasteiger partial charge in [-0.2, -0.15) is 0 Å². The zero-order valence-corrected chi connectivity index (χ0v) is 20.2. The number of anilines is 1. The maximum absolute atomic E-state index is 13.8. The lowest BCUT2D eigenvalue weighted by Crippen LogP contribution is -2.19. The number of benzene rings is 3. The Labute approximate surface area is 199 Å². The molecular formula is C30H30N2O2. The van der Waals surface area contributed by atoms with E-state index in [2.05, 4.69) is 62.5 Å². The van der Waals surface area contributed by atoms with Gasteiger partial charge < -0.3 is 14.3 Å². The van der Waals surface area contributed by atoms with Crippen LogP contribution in [0.5, 0.6) is 0 Å². The van der Waals surface area contributed by atoms with Crippen LogP contribution in [0.15, 0.2) is 88.1 Å². The van der Waals surface area contributed by atoms with E-state index >= 15 is 0 Å². The lowest BCUT2D eigenvalue weighted by molar-refractivity contribution is 0.590. The Morgan fingerprint density at radius 3 is 2.24 bits per heavy atom. The van der Waals surface area contributed by atoms with E-state index in [9.17, 15) is 4.79 Å². The summed E-state index contributed by atoms with van der Waals surface area (Å²) in [6, 6.07) is 26.7. The Hall–Kier alpha value is -3.79. The third kappa shape index (κ3) is 3.79. The normalized spacial score (nSPS) is 11.9. The molecule has 172 valence electrons. The van der Waals surface area contributed by atoms with Crippen molar-refractivity contribution in [3.05, 3.63) is 100 Å². The Morgan fingerprint density at radius 1 is 0.882 bits per heavy atom. The van der Waals surface area contributed by atoms with Crippen molar-refractivity contribution >= 4 is 27.8 Å². The van der Waals surface area contributed by atoms with E-state index in [4.69, 9.17) is 4.42 Å². The van der Waals surface area contributed by atoms with E-state index in [1.54, 1.807) is 0 Å². The number of nitrogens with zero attached hydrogens (tertiary/aromatic N) is 1. The molecule has 0 unspecified atom stereocenters. The van der Waals surface area contributed by atoms with E-state index < -0.39 is 0 Å². The molecule has 0 amide bonds. The molecule has 5 rings (SSSR count). The summed E-state index contributed by atoms with van der Waals surface area (Å²) in [7, 11) is 0. The number of fused-ring (bicyclic) bond motifs is 3. The molecule has 0 saturated carbocycles. The Kier molecular flexibility index (Phi) is 5.52. The van der Waals surface area contributed by atoms with Gasteiger partial charge >= 0.3 is 0 Å². The van der Waals surface area contributed by atoms with Crippen molar-refractivity contribution in [3.63, 3.8) is 0 Å². The fraction of sp³-hybridized carbons (Fsp3) is 0.233. The zero-order valence-electron chi connectivity index (χ0n) is 20.2. The maximum atomic E-state index is 13.8. The fourth-order valence-electron chi connectivity index (χ4n) is 4.60. The van der Waals surface area contributed by atoms with Gasteiger partial charge in [0.25, 0.3) is 5.56 Å². The summed E-state index contributed by atoms with van der Waals surface area (Å²) < 4.78 is 8.28. The lowest BCUT2D eigenvalue weighted by atomic mass is 9.86. The van der Waals surface area contributed by atoms with Gasteiger partial charge in [-0.25, -0.2) is 0 Å². The molecule has 0 aliphatic carbocycles. The van der Waals surface area contributed by atoms with Crippen molar-refractivity contribution in [2.24, 2.45) is 0 Å². The largest absolute Gasteiger partial charge is 0.439 e. The summed E-state index contributed by atoms with van der Waals surface area (Å²) >= 11 is 0. The minimum absolute atomic E-state index is 0.0254. The highest BCUT2D eigenvalue weighted by Crippen LogP contribution is 2.40. The summed E-state index contributed by atoms with van der Waals surface area (Å²) in [6.45, 7) is 9.81. The first kappa shape index (κ1) is 22.0. The number of para-hydroxylation sites is 1. The summed E-state index contributed by atoms with van der Waals surface area (Å²) in [5, 5.41) is 5.05. The molecule has 0 radical (unpaired) electrons. The van der Waals surface area contributed by atoms with Crippen LogP contribution in [0.2, 0.25) is 0 Å². The predicted octanol–water partition coefficient (Wildman–Crippen LogP) is 7.34. The standard InChI is InChI=1S/C30H30N2O2/c1-5-32-24-14-10-9-13-23(24)27-26(29(32)33)25(21-15-17-22(18-16-21)30(2,3)4)28(34-27)31-19-20-11-7-6-8-12-20/h6-18,31H,5,19H2,1-4H3. The number of rotatable bonds is 5. The van der Waals surface area contributed by atoms with Crippen molar-refractivity contribution in [2.75, 3.05) is 5.32 Å². The zero-order chi connectivity index (χ0) is 23.9. The van der Waals surface area contributed by atoms with Crippen LogP contribution in [-0.4, -0.2) is 4.57 Å². The van der Waals surface area contributed by atoms with Crippen LogP contribution in [0.1, 0.15) is 38.8 Å². The van der Waals surface area contributed by atoms with Crippen molar-refractivity contribution in [1.82, 2.24) is 4.57 Å². The first-order valence-electron chi connectivity index (χ1n) is 11.8. The number of hydrogen-bond acceptors (Lipinski definition) is 3. The number of pyridine rings is 1. The number of nitrogens with one attached hydrogen (secondary N) is 1. The molecule has 2 aromatic heterocycles. The van der Waals surface area contributed by atoms with Gasteiger partial charge in [0.15, 0.2) is 5.58 Å². The number of hydrogen-bond donors (Lipinski definition) is 1. The Bertz CT molecular complexity index is 1520. The average Bonchev–Trinajstić information content (AvgIpc) is 3.23. The average molecular weight is 451 g/mol. The van der Waals surface area contributed by atoms with Gasteiger partial charge in [-0.3, -0.25) is 4.79 Å². The Morgan fingerprint density at radius 2 is 1.56 bits per heavy atom. The van der Waals surface area contributed by atoms with Crippen molar-refractivity contribution < 1.29 is 4.42 Å². The molecule has 1 N–H and O–H groups in total. The van der Waals surface area contributed by atoms with Gasteiger partial charge in [-0.05, 0) is 41.2 Å². The topological polar surface area (TPSA) is 47.2 Å². The van der Waals surface area contributed by atoms with E-state index in [0.717, 1.165) is 27.6 Å². The summed E-state index contributed by atoms with van der Waals surface area (Å²) in [5.74, 6) is 0.624. The Balaban J connectivity index is 1.76. The summed E-state index contributed by atoms with van der Waals surface area (Å²) in [6.07, 6.45) is 0. The molecule has 0 atom stereocenters. The van der Waals surface area contributed by atoms with E-state index in [1.165, 1.54) is 5.56 Å². The van der Waals surface area contributed by atoms with Gasteiger partial charge in [0.05, 0.1) is 16.5 Å². The van der Waals surface area contributed by atoms with E-state index in [1.807, 2.05) is 54.0 Å². The number of aromatic nitrogens is 1. The highest BCUT2D eigenvalue weighted by Gasteiger charge is 2.23. The second kappa shape index (κ2) is 8.53. The highest BCUT2D eigenvalue weighted by molar-refractivity contribution is 6.10. The van der Waals surface area contributed by atoms with Crippen molar-refractivity contribution in [2.45, 2.75) is 46.2 Å². The van der Waals surface area contributed by atoms with Crippen LogP contribution in [-0.2, 0) is 18.5 Å². The molecular weight excluding hydrogens is 420 g/mol. The van der Waals surface area contributed by atoms with Crippen LogP contribution in [0.25, 0.3) is 33.0 Å². The minimum atomic E-state index is -0.0254. The quantitative estimate of drug-likeness (QED) is 0.305. The third-order valence-corrected chi connectivity index (χ3v) is 6.46. The van der Waals surface area contributed by atoms with Crippen LogP contribution >= 0.6 is 0 Å². The molecule has 4 heteroatoms. The fourth-order valence-corrected chi connectivity index (χ4v) is 4.60. The SMILES string of the molecule is CCn1c(=O)c2c(-c3ccc(C(C)(C)C)cc3)c(NCc3ccccc3)oc2c2ccccc21. The first-order chi connectivity index (χ1) is 16.4. The second-order valence-electron chi connectivity index (χ2n) is 9.74. The lowest BCUT2D eigenvalue weighted by Gasteiger charge is -2.19. The van der Waals surface area contributed by atoms with E-state index in [-0.39, 0.29) is 11.0 Å². The number of aryl methyl sites for hydroxylation is 1. The smallest absolute Gasteiger partial charge is 0.262 e. The molecule has 0 aliphatic heterocycles. The monoisotopic (exact) mass is 450 g/mol. The van der Waals surface area contributed by atoms with Gasteiger partial charge in [0, 0.05) is 18.5 Å². The molecule has 3 aromatic carbocycles. The van der Waals surface area contributed by atoms with Gasteiger partial charge in [-0.1, -0.05) is 87.5 Å². The first-order valence-corrected chi connectivity index (χ1v) is 11.8. The number of furan rings is 1. The van der Waals surface area contributed by atoms with Crippen LogP contribution in [0.3, 0.4) is 0 Å². The molecule has 34 heavy (non-hydrogen) atoms. The minimum Gasteiger partial charge on any atom is -0.439 e. The molecule has 0 spiro atoms. The molecule has 2 heterocycles. The molecule has 0 aliphatic rings. The molecule has 0 bridgehead atoms. The molecule has 5 aromatic rings. The van der Waals surface area contributed by atoms with Gasteiger partial charge in [-0.15, -0.1) is 0 Å². The summed E-state index contributed by atoms with van der Waals surface area (Å²) in [4.78, 5) is 13.8. The summed E-state index contributed by atoms with van der Waals surface area (Å²) in [5.41, 5.74) is 5.74. The second-order valence-corrected chi connectivity index (χ2v) is 9.74. The van der Waals surface area contributed by atoms with Crippen molar-refractivity contribution in [1.29, 1.82) is 0 Å².